The molecule has 0 saturated carbocycles. The van der Waals surface area contributed by atoms with Crippen molar-refractivity contribution < 1.29 is 45.5 Å². The fourth-order valence-corrected chi connectivity index (χ4v) is 9.14. The molecule has 0 aliphatic rings. The zero-order valence-electron chi connectivity index (χ0n) is 40.0. The van der Waals surface area contributed by atoms with Gasteiger partial charge in [0.1, 0.15) is 23.6 Å². The standard InChI is InChI=1S/C51H56N8O10S2/c1-35-14-13-19-42(30-35)59(4)71(66,67)56-51(63)53-46(33-37-17-11-8-12-18-37)49(61)58(3)47-29-28-44(69-6)34-39(47)31-38-20-22-40(23-21-38)54-70(64,65)55-50(62)52-45(32-36-15-9-7-10-16-36)48(60)57(2)41-24-26-43(68-5)27-25-41/h7-30,34,45-46,54H,31-33H2,1-6H3,(H2,52,55,62)(H2,53,56,63)/t45-,46?/m0/s1. The molecule has 6 aromatic carbocycles. The number of rotatable bonds is 20. The number of nitrogens with zero attached hydrogens (tertiary/aromatic N) is 3. The van der Waals surface area contributed by atoms with Gasteiger partial charge in [-0.05, 0) is 108 Å². The number of likely N-dealkylation sites (N-methyl/N-ethyl adjacent to an activating group) is 2. The SMILES string of the molecule is COc1ccc(N(C)C(=O)[C@H](Cc2ccccc2)NC(=O)NS(=O)(=O)Nc2ccc(Cc3cc(OC)ccc3N(C)C(=O)C(Cc3ccccc3)NC(=O)NS(=O)(=O)N(C)c3cccc(C)c3)cc2)cc1. The highest BCUT2D eigenvalue weighted by Gasteiger charge is 2.30. The lowest BCUT2D eigenvalue weighted by molar-refractivity contribution is -0.120. The van der Waals surface area contributed by atoms with Gasteiger partial charge < -0.3 is 29.9 Å². The van der Waals surface area contributed by atoms with Gasteiger partial charge in [-0.2, -0.15) is 16.8 Å². The lowest BCUT2D eigenvalue weighted by atomic mass is 10.0. The Morgan fingerprint density at radius 2 is 1.08 bits per heavy atom. The van der Waals surface area contributed by atoms with E-state index in [2.05, 4.69) is 15.4 Å². The van der Waals surface area contributed by atoms with E-state index in [4.69, 9.17) is 9.47 Å². The number of methoxy groups -OCH3 is 2. The van der Waals surface area contributed by atoms with Crippen molar-refractivity contribution >= 4 is 67.0 Å². The maximum atomic E-state index is 14.4. The molecule has 0 fully saturated rings. The molecule has 6 amide bonds. The number of aryl methyl sites for hydroxylation is 1. The van der Waals surface area contributed by atoms with Crippen LogP contribution in [-0.4, -0.2) is 88.2 Å². The Morgan fingerprint density at radius 1 is 0.549 bits per heavy atom. The van der Waals surface area contributed by atoms with Crippen molar-refractivity contribution in [3.8, 4) is 11.5 Å². The van der Waals surface area contributed by atoms with Crippen LogP contribution < -0.4 is 48.4 Å². The summed E-state index contributed by atoms with van der Waals surface area (Å²) in [6.07, 6.45) is 0.322. The first-order valence-electron chi connectivity index (χ1n) is 22.1. The molecule has 5 N–H and O–H groups in total. The van der Waals surface area contributed by atoms with Crippen molar-refractivity contribution in [1.29, 1.82) is 0 Å². The van der Waals surface area contributed by atoms with Crippen LogP contribution in [0.5, 0.6) is 11.5 Å². The highest BCUT2D eigenvalue weighted by Crippen LogP contribution is 2.29. The molecule has 2 atom stereocenters. The molecule has 71 heavy (non-hydrogen) atoms. The summed E-state index contributed by atoms with van der Waals surface area (Å²) < 4.78 is 71.1. The largest absolute Gasteiger partial charge is 0.497 e. The Balaban J connectivity index is 1.14. The molecule has 0 aliphatic carbocycles. The molecular formula is C51H56N8O10S2. The molecule has 0 aromatic heterocycles. The first-order chi connectivity index (χ1) is 33.8. The van der Waals surface area contributed by atoms with Gasteiger partial charge in [0.25, 0.3) is 0 Å². The van der Waals surface area contributed by atoms with Gasteiger partial charge in [0, 0.05) is 45.4 Å². The number of hydrogen-bond donors (Lipinski definition) is 5. The van der Waals surface area contributed by atoms with Crippen molar-refractivity contribution in [2.75, 3.05) is 54.2 Å². The molecular weight excluding hydrogens is 949 g/mol. The van der Waals surface area contributed by atoms with Crippen LogP contribution in [0, 0.1) is 6.92 Å². The number of carbonyl (C=O) groups is 4. The number of ether oxygens (including phenoxy) is 2. The number of benzene rings is 6. The lowest BCUT2D eigenvalue weighted by Crippen LogP contribution is -2.54. The van der Waals surface area contributed by atoms with Crippen LogP contribution in [-0.2, 0) is 49.3 Å². The quantitative estimate of drug-likeness (QED) is 0.0592. The van der Waals surface area contributed by atoms with E-state index in [0.29, 0.717) is 45.3 Å². The molecule has 6 aromatic rings. The highest BCUT2D eigenvalue weighted by molar-refractivity contribution is 7.91. The van der Waals surface area contributed by atoms with Gasteiger partial charge in [-0.1, -0.05) is 84.9 Å². The normalized spacial score (nSPS) is 12.0. The van der Waals surface area contributed by atoms with E-state index < -0.39 is 56.4 Å². The molecule has 20 heteroatoms. The summed E-state index contributed by atoms with van der Waals surface area (Å²) in [4.78, 5) is 57.5. The van der Waals surface area contributed by atoms with E-state index in [-0.39, 0.29) is 24.9 Å². The van der Waals surface area contributed by atoms with Gasteiger partial charge in [0.15, 0.2) is 0 Å². The maximum Gasteiger partial charge on any atom is 0.330 e. The molecule has 0 aliphatic heterocycles. The van der Waals surface area contributed by atoms with Crippen LogP contribution in [0.4, 0.5) is 32.3 Å². The Morgan fingerprint density at radius 3 is 1.63 bits per heavy atom. The molecule has 0 saturated heterocycles. The van der Waals surface area contributed by atoms with E-state index in [1.165, 1.54) is 50.2 Å². The summed E-state index contributed by atoms with van der Waals surface area (Å²) in [6, 6.07) is 38.2. The fourth-order valence-electron chi connectivity index (χ4n) is 7.51. The smallest absolute Gasteiger partial charge is 0.330 e. The average molecular weight is 1010 g/mol. The minimum Gasteiger partial charge on any atom is -0.497 e. The van der Waals surface area contributed by atoms with Crippen LogP contribution in [0.2, 0.25) is 0 Å². The highest BCUT2D eigenvalue weighted by atomic mass is 32.2. The van der Waals surface area contributed by atoms with Crippen molar-refractivity contribution in [1.82, 2.24) is 20.1 Å². The maximum absolute atomic E-state index is 14.4. The monoisotopic (exact) mass is 1000 g/mol. The third-order valence-electron chi connectivity index (χ3n) is 11.3. The third-order valence-corrected chi connectivity index (χ3v) is 13.7. The predicted molar refractivity (Wildman–Crippen MR) is 274 cm³/mol. The number of urea groups is 2. The summed E-state index contributed by atoms with van der Waals surface area (Å²) in [6.45, 7) is 1.81. The average Bonchev–Trinajstić information content (AvgIpc) is 3.35. The van der Waals surface area contributed by atoms with E-state index in [0.717, 1.165) is 15.4 Å². The summed E-state index contributed by atoms with van der Waals surface area (Å²) in [5.41, 5.74) is 4.98. The number of anilines is 4. The molecule has 18 nitrogen and oxygen atoms in total. The van der Waals surface area contributed by atoms with Crippen molar-refractivity contribution in [3.05, 3.63) is 179 Å². The van der Waals surface area contributed by atoms with Crippen molar-refractivity contribution in [2.45, 2.75) is 38.3 Å². The minimum atomic E-state index is -4.52. The first kappa shape index (κ1) is 52.3. The third kappa shape index (κ3) is 14.5. The van der Waals surface area contributed by atoms with E-state index in [1.807, 2.05) is 28.5 Å². The van der Waals surface area contributed by atoms with Crippen molar-refractivity contribution in [3.63, 3.8) is 0 Å². The van der Waals surface area contributed by atoms with Gasteiger partial charge in [-0.25, -0.2) is 19.0 Å². The molecule has 6 rings (SSSR count). The van der Waals surface area contributed by atoms with Gasteiger partial charge >= 0.3 is 32.5 Å². The molecule has 372 valence electrons. The second-order valence-electron chi connectivity index (χ2n) is 16.4. The summed E-state index contributed by atoms with van der Waals surface area (Å²) in [5, 5.41) is 5.10. The zero-order valence-corrected chi connectivity index (χ0v) is 41.6. The summed E-state index contributed by atoms with van der Waals surface area (Å²) in [5.74, 6) is 0.0285. The summed E-state index contributed by atoms with van der Waals surface area (Å²) >= 11 is 0. The van der Waals surface area contributed by atoms with Crippen LogP contribution in [0.15, 0.2) is 152 Å². The Kier molecular flexibility index (Phi) is 17.3. The van der Waals surface area contributed by atoms with Crippen LogP contribution in [0.3, 0.4) is 0 Å². The zero-order chi connectivity index (χ0) is 51.3. The molecule has 0 radical (unpaired) electrons. The van der Waals surface area contributed by atoms with Crippen LogP contribution in [0.1, 0.15) is 27.8 Å². The predicted octanol–water partition coefficient (Wildman–Crippen LogP) is 6.09. The lowest BCUT2D eigenvalue weighted by Gasteiger charge is -2.27. The molecule has 0 heterocycles. The minimum absolute atomic E-state index is 0.0267. The second kappa shape index (κ2) is 23.5. The number of nitrogens with one attached hydrogen (secondary N) is 5. The Labute approximate surface area is 414 Å². The van der Waals surface area contributed by atoms with E-state index in [1.54, 1.807) is 134 Å². The molecule has 1 unspecified atom stereocenters. The van der Waals surface area contributed by atoms with Crippen LogP contribution in [0.25, 0.3) is 0 Å². The van der Waals surface area contributed by atoms with Gasteiger partial charge in [0.05, 0.1) is 25.6 Å². The van der Waals surface area contributed by atoms with Gasteiger partial charge in [-0.3, -0.25) is 18.6 Å². The van der Waals surface area contributed by atoms with E-state index in [9.17, 15) is 36.0 Å². The van der Waals surface area contributed by atoms with Gasteiger partial charge in [-0.15, -0.1) is 0 Å². The summed E-state index contributed by atoms with van der Waals surface area (Å²) in [7, 11) is -1.50. The fraction of sp³-hybridized carbons (Fsp3) is 0.216. The Bertz CT molecular complexity index is 3040. The first-order valence-corrected chi connectivity index (χ1v) is 25.0. The number of carbonyl (C=O) groups excluding carboxylic acids is 4. The number of amides is 6. The molecule has 0 bridgehead atoms. The second-order valence-corrected chi connectivity index (χ2v) is 19.5. The Hall–Kier alpha value is -8.10. The van der Waals surface area contributed by atoms with Crippen molar-refractivity contribution in [2.24, 2.45) is 0 Å². The number of hydrogen-bond acceptors (Lipinski definition) is 10. The van der Waals surface area contributed by atoms with Crippen LogP contribution >= 0.6 is 0 Å². The topological polar surface area (TPSA) is 225 Å². The van der Waals surface area contributed by atoms with Gasteiger partial charge in [0.2, 0.25) is 11.8 Å². The van der Waals surface area contributed by atoms with E-state index >= 15 is 0 Å². The molecule has 0 spiro atoms.